The zero-order chi connectivity index (χ0) is 15.4. The van der Waals surface area contributed by atoms with Crippen LogP contribution < -0.4 is 10.1 Å². The summed E-state index contributed by atoms with van der Waals surface area (Å²) in [6.45, 7) is 4.41. The van der Waals surface area contributed by atoms with Crippen LogP contribution in [0, 0.1) is 5.82 Å². The summed E-state index contributed by atoms with van der Waals surface area (Å²) in [6, 6.07) is 5.26. The van der Waals surface area contributed by atoms with E-state index in [4.69, 9.17) is 4.74 Å². The van der Waals surface area contributed by atoms with Gasteiger partial charge in [0.05, 0.1) is 0 Å². The lowest BCUT2D eigenvalue weighted by molar-refractivity contribution is -0.133. The monoisotopic (exact) mass is 294 g/mol. The first-order valence-corrected chi connectivity index (χ1v) is 7.37. The Morgan fingerprint density at radius 2 is 2.14 bits per heavy atom. The number of amides is 1. The van der Waals surface area contributed by atoms with E-state index in [1.165, 1.54) is 25.0 Å². The molecule has 0 atom stereocenters. The topological polar surface area (TPSA) is 41.6 Å². The Kier molecular flexibility index (Phi) is 5.17. The van der Waals surface area contributed by atoms with Crippen LogP contribution in [0.1, 0.15) is 32.3 Å². The summed E-state index contributed by atoms with van der Waals surface area (Å²) in [7, 11) is 1.73. The van der Waals surface area contributed by atoms with Gasteiger partial charge in [-0.05, 0) is 44.4 Å². The van der Waals surface area contributed by atoms with Crippen LogP contribution in [-0.2, 0) is 11.3 Å². The molecule has 21 heavy (non-hydrogen) atoms. The van der Waals surface area contributed by atoms with Gasteiger partial charge in [-0.2, -0.15) is 0 Å². The Bertz CT molecular complexity index is 501. The van der Waals surface area contributed by atoms with Gasteiger partial charge >= 0.3 is 0 Å². The summed E-state index contributed by atoms with van der Waals surface area (Å²) in [5.74, 6) is -0.0650. The molecule has 1 fully saturated rings. The van der Waals surface area contributed by atoms with Gasteiger partial charge < -0.3 is 15.0 Å². The van der Waals surface area contributed by atoms with Crippen molar-refractivity contribution in [2.75, 3.05) is 13.7 Å². The lowest BCUT2D eigenvalue weighted by Crippen LogP contribution is -2.36. The number of hydrogen-bond donors (Lipinski definition) is 1. The average molecular weight is 294 g/mol. The van der Waals surface area contributed by atoms with E-state index in [9.17, 15) is 9.18 Å². The molecule has 116 valence electrons. The molecule has 1 aliphatic rings. The minimum Gasteiger partial charge on any atom is -0.484 e. The summed E-state index contributed by atoms with van der Waals surface area (Å²) in [6.07, 6.45) is 2.38. The Labute approximate surface area is 125 Å². The molecule has 1 aromatic rings. The van der Waals surface area contributed by atoms with Crippen molar-refractivity contribution in [3.63, 3.8) is 0 Å². The van der Waals surface area contributed by atoms with Crippen LogP contribution in [0.4, 0.5) is 4.39 Å². The number of likely N-dealkylation sites (N-methyl/N-ethyl adjacent to an activating group) is 1. The summed E-state index contributed by atoms with van der Waals surface area (Å²) in [4.78, 5) is 13.5. The zero-order valence-corrected chi connectivity index (χ0v) is 12.9. The molecule has 0 radical (unpaired) electrons. The van der Waals surface area contributed by atoms with Gasteiger partial charge in [-0.25, -0.2) is 4.39 Å². The molecule has 1 amide bonds. The maximum absolute atomic E-state index is 13.6. The van der Waals surface area contributed by atoms with E-state index in [0.717, 1.165) is 5.56 Å². The molecule has 0 unspecified atom stereocenters. The third-order valence-electron chi connectivity index (χ3n) is 3.63. The van der Waals surface area contributed by atoms with Crippen molar-refractivity contribution in [3.8, 4) is 5.75 Å². The van der Waals surface area contributed by atoms with E-state index >= 15 is 0 Å². The molecule has 2 rings (SSSR count). The molecule has 1 saturated carbocycles. The van der Waals surface area contributed by atoms with Gasteiger partial charge in [0, 0.05) is 31.7 Å². The second-order valence-electron chi connectivity index (χ2n) is 5.84. The molecule has 5 heteroatoms. The van der Waals surface area contributed by atoms with Crippen LogP contribution >= 0.6 is 0 Å². The smallest absolute Gasteiger partial charge is 0.260 e. The molecule has 1 aromatic carbocycles. The lowest BCUT2D eigenvalue weighted by Gasteiger charge is -2.21. The Balaban J connectivity index is 1.90. The number of carbonyl (C=O) groups is 1. The van der Waals surface area contributed by atoms with Crippen molar-refractivity contribution >= 4 is 5.91 Å². The van der Waals surface area contributed by atoms with Gasteiger partial charge in [-0.3, -0.25) is 4.79 Å². The van der Waals surface area contributed by atoms with E-state index in [1.54, 1.807) is 18.0 Å². The fourth-order valence-electron chi connectivity index (χ4n) is 1.89. The highest BCUT2D eigenvalue weighted by Gasteiger charge is 2.20. The number of rotatable bonds is 7. The summed E-state index contributed by atoms with van der Waals surface area (Å²) in [5, 5.41) is 3.33. The van der Waals surface area contributed by atoms with Crippen LogP contribution in [0.25, 0.3) is 0 Å². The third kappa shape index (κ3) is 5.01. The fraction of sp³-hybridized carbons (Fsp3) is 0.562. The SMILES string of the molecule is CC(C)N(C)C(=O)COc1cc(F)cc(CNC2CC2)c1. The molecule has 1 N–H and O–H groups in total. The van der Waals surface area contributed by atoms with Crippen molar-refractivity contribution in [1.29, 1.82) is 0 Å². The minimum absolute atomic E-state index is 0.0758. The van der Waals surface area contributed by atoms with Gasteiger partial charge in [-0.15, -0.1) is 0 Å². The van der Waals surface area contributed by atoms with Crippen LogP contribution in [-0.4, -0.2) is 36.5 Å². The number of halogens is 1. The Morgan fingerprint density at radius 3 is 2.76 bits per heavy atom. The van der Waals surface area contributed by atoms with E-state index in [1.807, 2.05) is 13.8 Å². The average Bonchev–Trinajstić information content (AvgIpc) is 3.25. The van der Waals surface area contributed by atoms with Crippen LogP contribution in [0.5, 0.6) is 5.75 Å². The molecule has 0 heterocycles. The minimum atomic E-state index is -0.343. The van der Waals surface area contributed by atoms with E-state index in [2.05, 4.69) is 5.32 Å². The van der Waals surface area contributed by atoms with Gasteiger partial charge in [0.1, 0.15) is 11.6 Å². The number of nitrogens with zero attached hydrogens (tertiary/aromatic N) is 1. The van der Waals surface area contributed by atoms with E-state index < -0.39 is 0 Å². The van der Waals surface area contributed by atoms with E-state index in [0.29, 0.717) is 18.3 Å². The van der Waals surface area contributed by atoms with Crippen molar-refractivity contribution in [2.45, 2.75) is 45.3 Å². The van der Waals surface area contributed by atoms with Crippen molar-refractivity contribution < 1.29 is 13.9 Å². The maximum Gasteiger partial charge on any atom is 0.260 e. The van der Waals surface area contributed by atoms with Gasteiger partial charge in [0.2, 0.25) is 0 Å². The standard InChI is InChI=1S/C16H23FN2O2/c1-11(2)19(3)16(20)10-21-15-7-12(6-13(17)8-15)9-18-14-4-5-14/h6-8,11,14,18H,4-5,9-10H2,1-3H3. The number of ether oxygens (including phenoxy) is 1. The molecule has 4 nitrogen and oxygen atoms in total. The largest absolute Gasteiger partial charge is 0.484 e. The molecule has 0 aromatic heterocycles. The molecular formula is C16H23FN2O2. The van der Waals surface area contributed by atoms with Crippen molar-refractivity contribution in [2.24, 2.45) is 0 Å². The highest BCUT2D eigenvalue weighted by molar-refractivity contribution is 5.77. The Morgan fingerprint density at radius 1 is 1.43 bits per heavy atom. The second kappa shape index (κ2) is 6.89. The summed E-state index contributed by atoms with van der Waals surface area (Å²) >= 11 is 0. The van der Waals surface area contributed by atoms with Crippen LogP contribution in [0.2, 0.25) is 0 Å². The van der Waals surface area contributed by atoms with Crippen molar-refractivity contribution in [1.82, 2.24) is 10.2 Å². The fourth-order valence-corrected chi connectivity index (χ4v) is 1.89. The molecule has 1 aliphatic carbocycles. The molecule has 0 aliphatic heterocycles. The Hall–Kier alpha value is -1.62. The van der Waals surface area contributed by atoms with Gasteiger partial charge in [-0.1, -0.05) is 0 Å². The second-order valence-corrected chi connectivity index (χ2v) is 5.84. The number of benzene rings is 1. The quantitative estimate of drug-likeness (QED) is 0.839. The first-order chi connectivity index (χ1) is 9.95. The van der Waals surface area contributed by atoms with Gasteiger partial charge in [0.15, 0.2) is 6.61 Å². The van der Waals surface area contributed by atoms with Crippen LogP contribution in [0.15, 0.2) is 18.2 Å². The first-order valence-electron chi connectivity index (χ1n) is 7.37. The predicted molar refractivity (Wildman–Crippen MR) is 79.7 cm³/mol. The summed E-state index contributed by atoms with van der Waals surface area (Å²) < 4.78 is 19.0. The highest BCUT2D eigenvalue weighted by atomic mass is 19.1. The van der Waals surface area contributed by atoms with Gasteiger partial charge in [0.25, 0.3) is 5.91 Å². The predicted octanol–water partition coefficient (Wildman–Crippen LogP) is 2.32. The highest BCUT2D eigenvalue weighted by Crippen LogP contribution is 2.21. The molecule has 0 saturated heterocycles. The number of hydrogen-bond acceptors (Lipinski definition) is 3. The maximum atomic E-state index is 13.6. The number of carbonyl (C=O) groups excluding carboxylic acids is 1. The van der Waals surface area contributed by atoms with E-state index in [-0.39, 0.29) is 24.4 Å². The van der Waals surface area contributed by atoms with Crippen LogP contribution in [0.3, 0.4) is 0 Å². The molecular weight excluding hydrogens is 271 g/mol. The van der Waals surface area contributed by atoms with Crippen molar-refractivity contribution in [3.05, 3.63) is 29.6 Å². The zero-order valence-electron chi connectivity index (χ0n) is 12.9. The molecule has 0 bridgehead atoms. The lowest BCUT2D eigenvalue weighted by atomic mass is 10.2. The first kappa shape index (κ1) is 15.8. The molecule has 0 spiro atoms. The number of nitrogens with one attached hydrogen (secondary N) is 1. The third-order valence-corrected chi connectivity index (χ3v) is 3.63. The normalized spacial score (nSPS) is 14.3. The summed E-state index contributed by atoms with van der Waals surface area (Å²) in [5.41, 5.74) is 0.835.